The smallest absolute Gasteiger partial charge is 0.239 e. The highest BCUT2D eigenvalue weighted by Gasteiger charge is 2.40. The maximum atomic E-state index is 12.8. The molecule has 6 nitrogen and oxygen atoms in total. The molecule has 3 heterocycles. The molecule has 0 aromatic carbocycles. The predicted octanol–water partition coefficient (Wildman–Crippen LogP) is 1.89. The van der Waals surface area contributed by atoms with Crippen LogP contribution < -0.4 is 10.2 Å². The molecule has 1 N–H and O–H groups in total. The number of hydrogen-bond donors (Lipinski definition) is 1. The van der Waals surface area contributed by atoms with Crippen molar-refractivity contribution in [3.63, 3.8) is 0 Å². The van der Waals surface area contributed by atoms with Gasteiger partial charge >= 0.3 is 0 Å². The van der Waals surface area contributed by atoms with Crippen LogP contribution in [0.4, 0.5) is 5.95 Å². The minimum absolute atomic E-state index is 0. The number of carbonyl (C=O) groups excluding carboxylic acids is 1. The molecule has 140 valence electrons. The van der Waals surface area contributed by atoms with Gasteiger partial charge in [0.05, 0.1) is 6.04 Å². The van der Waals surface area contributed by atoms with Crippen molar-refractivity contribution in [1.29, 1.82) is 0 Å². The lowest BCUT2D eigenvalue weighted by Crippen LogP contribution is -2.53. The summed E-state index contributed by atoms with van der Waals surface area (Å²) in [5.74, 6) is 1.79. The standard InChI is InChI=1S/C17H25N5O.2ClH/c23-16(15-12-13-4-1-2-5-14(13)20-15)21-8-10-22(11-9-21)17-18-6-3-7-19-17;;/h3,6-7,13-15,20H,1-2,4-5,8-12H2;2*1H. The molecule has 0 radical (unpaired) electrons. The molecule has 0 spiro atoms. The van der Waals surface area contributed by atoms with Crippen molar-refractivity contribution in [1.82, 2.24) is 20.2 Å². The first-order chi connectivity index (χ1) is 11.3. The zero-order valence-corrected chi connectivity index (χ0v) is 16.0. The molecule has 1 amide bonds. The number of rotatable bonds is 2. The van der Waals surface area contributed by atoms with Gasteiger partial charge in [-0.2, -0.15) is 0 Å². The number of carbonyl (C=O) groups is 1. The molecule has 4 rings (SSSR count). The van der Waals surface area contributed by atoms with Gasteiger partial charge in [0.25, 0.3) is 0 Å². The van der Waals surface area contributed by atoms with Crippen molar-refractivity contribution in [2.24, 2.45) is 5.92 Å². The minimum Gasteiger partial charge on any atom is -0.338 e. The van der Waals surface area contributed by atoms with Gasteiger partial charge in [-0.25, -0.2) is 9.97 Å². The molecule has 3 unspecified atom stereocenters. The number of anilines is 1. The molecule has 1 aliphatic carbocycles. The van der Waals surface area contributed by atoms with Crippen LogP contribution in [0.5, 0.6) is 0 Å². The summed E-state index contributed by atoms with van der Waals surface area (Å²) in [7, 11) is 0. The SMILES string of the molecule is Cl.Cl.O=C(C1CC2CCCCC2N1)N1CCN(c2ncccn2)CC1. The number of halogens is 2. The van der Waals surface area contributed by atoms with E-state index in [1.165, 1.54) is 25.7 Å². The van der Waals surface area contributed by atoms with Crippen molar-refractivity contribution in [2.45, 2.75) is 44.2 Å². The van der Waals surface area contributed by atoms with Crippen LogP contribution in [0.1, 0.15) is 32.1 Å². The molecule has 8 heteroatoms. The molecule has 3 atom stereocenters. The molecule has 1 aromatic heterocycles. The maximum absolute atomic E-state index is 12.8. The normalized spacial score (nSPS) is 28.6. The van der Waals surface area contributed by atoms with Crippen LogP contribution in [-0.2, 0) is 4.79 Å². The van der Waals surface area contributed by atoms with E-state index in [4.69, 9.17) is 0 Å². The van der Waals surface area contributed by atoms with E-state index in [-0.39, 0.29) is 30.9 Å². The lowest BCUT2D eigenvalue weighted by molar-refractivity contribution is -0.133. The lowest BCUT2D eigenvalue weighted by Gasteiger charge is -2.36. The molecule has 1 saturated carbocycles. The summed E-state index contributed by atoms with van der Waals surface area (Å²) in [6.45, 7) is 3.17. The summed E-state index contributed by atoms with van der Waals surface area (Å²) >= 11 is 0. The van der Waals surface area contributed by atoms with Crippen molar-refractivity contribution < 1.29 is 4.79 Å². The molecule has 3 fully saturated rings. The van der Waals surface area contributed by atoms with Crippen LogP contribution in [0, 0.1) is 5.92 Å². The Balaban J connectivity index is 0.00000113. The minimum atomic E-state index is 0. The fourth-order valence-corrected chi connectivity index (χ4v) is 4.31. The first-order valence-electron chi connectivity index (χ1n) is 8.88. The first-order valence-corrected chi connectivity index (χ1v) is 8.88. The van der Waals surface area contributed by atoms with Crippen LogP contribution in [0.2, 0.25) is 0 Å². The van der Waals surface area contributed by atoms with E-state index in [1.54, 1.807) is 12.4 Å². The number of hydrogen-bond acceptors (Lipinski definition) is 5. The Morgan fingerprint density at radius 1 is 1.04 bits per heavy atom. The van der Waals surface area contributed by atoms with Gasteiger partial charge < -0.3 is 15.1 Å². The van der Waals surface area contributed by atoms with Crippen molar-refractivity contribution >= 4 is 36.7 Å². The van der Waals surface area contributed by atoms with Crippen LogP contribution >= 0.6 is 24.8 Å². The summed E-state index contributed by atoms with van der Waals surface area (Å²) in [5, 5.41) is 3.60. The fraction of sp³-hybridized carbons (Fsp3) is 0.706. The van der Waals surface area contributed by atoms with Gasteiger partial charge in [-0.05, 0) is 31.2 Å². The van der Waals surface area contributed by atoms with E-state index in [9.17, 15) is 4.79 Å². The molecule has 2 saturated heterocycles. The molecule has 25 heavy (non-hydrogen) atoms. The van der Waals surface area contributed by atoms with Gasteiger partial charge in [0, 0.05) is 44.6 Å². The Morgan fingerprint density at radius 3 is 2.40 bits per heavy atom. The zero-order valence-electron chi connectivity index (χ0n) is 14.3. The highest BCUT2D eigenvalue weighted by molar-refractivity contribution is 5.85. The maximum Gasteiger partial charge on any atom is 0.239 e. The van der Waals surface area contributed by atoms with Crippen LogP contribution in [-0.4, -0.2) is 59.0 Å². The van der Waals surface area contributed by atoms with Crippen molar-refractivity contribution in [3.8, 4) is 0 Å². The van der Waals surface area contributed by atoms with E-state index in [0.29, 0.717) is 11.9 Å². The van der Waals surface area contributed by atoms with Crippen molar-refractivity contribution in [3.05, 3.63) is 18.5 Å². The average Bonchev–Trinajstić information content (AvgIpc) is 3.06. The van der Waals surface area contributed by atoms with Crippen LogP contribution in [0.15, 0.2) is 18.5 Å². The van der Waals surface area contributed by atoms with Crippen LogP contribution in [0.3, 0.4) is 0 Å². The Kier molecular flexibility index (Phi) is 7.28. The second kappa shape index (κ2) is 9.01. The number of amides is 1. The summed E-state index contributed by atoms with van der Waals surface area (Å²) in [6.07, 6.45) is 9.75. The second-order valence-corrected chi connectivity index (χ2v) is 6.97. The van der Waals surface area contributed by atoms with Gasteiger partial charge in [0.1, 0.15) is 0 Å². The number of fused-ring (bicyclic) bond motifs is 1. The monoisotopic (exact) mass is 387 g/mol. The zero-order chi connectivity index (χ0) is 15.6. The van der Waals surface area contributed by atoms with E-state index in [0.717, 1.165) is 44.5 Å². The first kappa shape index (κ1) is 20.2. The Labute approximate surface area is 161 Å². The predicted molar refractivity (Wildman–Crippen MR) is 103 cm³/mol. The summed E-state index contributed by atoms with van der Waals surface area (Å²) in [6, 6.07) is 2.45. The highest BCUT2D eigenvalue weighted by atomic mass is 35.5. The van der Waals surface area contributed by atoms with E-state index < -0.39 is 0 Å². The topological polar surface area (TPSA) is 61.4 Å². The second-order valence-electron chi connectivity index (χ2n) is 6.97. The third kappa shape index (κ3) is 4.36. The summed E-state index contributed by atoms with van der Waals surface area (Å²) in [4.78, 5) is 25.6. The number of aromatic nitrogens is 2. The van der Waals surface area contributed by atoms with Gasteiger partial charge in [0.15, 0.2) is 0 Å². The molecule has 3 aliphatic rings. The molecule has 2 aliphatic heterocycles. The third-order valence-corrected chi connectivity index (χ3v) is 5.59. The third-order valence-electron chi connectivity index (χ3n) is 5.59. The van der Waals surface area contributed by atoms with E-state index in [1.807, 2.05) is 11.0 Å². The summed E-state index contributed by atoms with van der Waals surface area (Å²) < 4.78 is 0. The number of nitrogens with one attached hydrogen (secondary N) is 1. The molecule has 1 aromatic rings. The fourth-order valence-electron chi connectivity index (χ4n) is 4.31. The molecule has 0 bridgehead atoms. The Bertz CT molecular complexity index is 539. The van der Waals surface area contributed by atoms with Crippen LogP contribution in [0.25, 0.3) is 0 Å². The lowest BCUT2D eigenvalue weighted by atomic mass is 9.85. The average molecular weight is 388 g/mol. The van der Waals surface area contributed by atoms with Gasteiger partial charge in [0.2, 0.25) is 11.9 Å². The largest absolute Gasteiger partial charge is 0.338 e. The van der Waals surface area contributed by atoms with Gasteiger partial charge in [-0.15, -0.1) is 24.8 Å². The molecular formula is C17H27Cl2N5O. The van der Waals surface area contributed by atoms with Gasteiger partial charge in [-0.3, -0.25) is 4.79 Å². The van der Waals surface area contributed by atoms with Gasteiger partial charge in [-0.1, -0.05) is 12.8 Å². The quantitative estimate of drug-likeness (QED) is 0.839. The highest BCUT2D eigenvalue weighted by Crippen LogP contribution is 2.33. The van der Waals surface area contributed by atoms with Crippen molar-refractivity contribution in [2.75, 3.05) is 31.1 Å². The van der Waals surface area contributed by atoms with E-state index >= 15 is 0 Å². The Hall–Kier alpha value is -1.11. The number of nitrogens with zero attached hydrogens (tertiary/aromatic N) is 4. The molecular weight excluding hydrogens is 361 g/mol. The Morgan fingerprint density at radius 2 is 1.72 bits per heavy atom. The van der Waals surface area contributed by atoms with E-state index in [2.05, 4.69) is 20.2 Å². The number of piperazine rings is 1. The summed E-state index contributed by atoms with van der Waals surface area (Å²) in [5.41, 5.74) is 0.